The van der Waals surface area contributed by atoms with Crippen LogP contribution in [0.5, 0.6) is 0 Å². The molecule has 0 aliphatic rings. The molecule has 0 spiro atoms. The zero-order valence-corrected chi connectivity index (χ0v) is 10.5. The Morgan fingerprint density at radius 1 is 1.33 bits per heavy atom. The van der Waals surface area contributed by atoms with Crippen molar-refractivity contribution in [1.82, 2.24) is 4.90 Å². The van der Waals surface area contributed by atoms with Gasteiger partial charge in [-0.05, 0) is 13.0 Å². The molecule has 0 amide bonds. The third kappa shape index (κ3) is 11.2. The predicted molar refractivity (Wildman–Crippen MR) is 57.4 cm³/mol. The number of carbonyl (C=O) groups is 1. The van der Waals surface area contributed by atoms with Crippen LogP contribution >= 0.6 is 7.82 Å². The Morgan fingerprint density at radius 3 is 1.80 bits per heavy atom. The van der Waals surface area contributed by atoms with Gasteiger partial charge in [-0.15, -0.1) is 0 Å². The Bertz CT molecular complexity index is 243. The first-order valence-electron chi connectivity index (χ1n) is 4.04. The molecule has 1 N–H and O–H groups in total. The third-order valence-corrected chi connectivity index (χ3v) is 2.40. The molecule has 0 unspecified atom stereocenters. The van der Waals surface area contributed by atoms with E-state index in [-0.39, 0.29) is 0 Å². The molecule has 0 bridgehead atoms. The van der Waals surface area contributed by atoms with E-state index < -0.39 is 7.82 Å². The van der Waals surface area contributed by atoms with Crippen LogP contribution in [0.4, 0.5) is 0 Å². The summed E-state index contributed by atoms with van der Waals surface area (Å²) in [7, 11) is 2.34. The first kappa shape index (κ1) is 16.7. The van der Waals surface area contributed by atoms with E-state index in [9.17, 15) is 9.36 Å². The number of phosphoric ester groups is 1. The van der Waals surface area contributed by atoms with Crippen LogP contribution in [-0.2, 0) is 18.4 Å². The number of nitrogens with zero attached hydrogens (tertiary/aromatic N) is 1. The zero-order chi connectivity index (χ0) is 12.5. The Kier molecular flexibility index (Phi) is 9.61. The van der Waals surface area contributed by atoms with Crippen LogP contribution in [0, 0.1) is 0 Å². The molecular weight excluding hydrogens is 221 g/mol. The lowest BCUT2D eigenvalue weighted by Gasteiger charge is -2.09. The van der Waals surface area contributed by atoms with Crippen LogP contribution in [-0.4, -0.2) is 44.4 Å². The fourth-order valence-electron chi connectivity index (χ4n) is 0.322. The van der Waals surface area contributed by atoms with Gasteiger partial charge < -0.3 is 9.79 Å². The van der Waals surface area contributed by atoms with Gasteiger partial charge in [-0.3, -0.25) is 13.8 Å². The van der Waals surface area contributed by atoms with E-state index in [2.05, 4.69) is 9.05 Å². The van der Waals surface area contributed by atoms with E-state index in [1.54, 1.807) is 0 Å². The first-order valence-corrected chi connectivity index (χ1v) is 5.54. The maximum absolute atomic E-state index is 10.1. The molecule has 0 heterocycles. The highest BCUT2D eigenvalue weighted by Crippen LogP contribution is 2.40. The molecule has 0 aromatic heterocycles. The van der Waals surface area contributed by atoms with Crippen molar-refractivity contribution in [2.24, 2.45) is 0 Å². The molecule has 0 aliphatic carbocycles. The van der Waals surface area contributed by atoms with Gasteiger partial charge in [0.05, 0.1) is 0 Å². The highest BCUT2D eigenvalue weighted by molar-refractivity contribution is 7.47. The number of carbonyl (C=O) groups excluding carboxylic acids is 1. The van der Waals surface area contributed by atoms with Gasteiger partial charge in [-0.25, -0.2) is 4.57 Å². The number of hydrogen-bond donors (Lipinski definition) is 1. The van der Waals surface area contributed by atoms with Gasteiger partial charge >= 0.3 is 7.82 Å². The highest BCUT2D eigenvalue weighted by Gasteiger charge is 2.13. The largest absolute Gasteiger partial charge is 0.471 e. The summed E-state index contributed by atoms with van der Waals surface area (Å²) in [5.74, 6) is 0. The summed E-state index contributed by atoms with van der Waals surface area (Å²) in [5.41, 5.74) is 0.972. The van der Waals surface area contributed by atoms with E-state index in [4.69, 9.17) is 4.89 Å². The van der Waals surface area contributed by atoms with Gasteiger partial charge in [0.25, 0.3) is 0 Å². The smallest absolute Gasteiger partial charge is 0.381 e. The second-order valence-corrected chi connectivity index (χ2v) is 4.34. The number of hydrogen-bond acceptors (Lipinski definition) is 5. The molecule has 7 heteroatoms. The van der Waals surface area contributed by atoms with Crippen LogP contribution in [0.15, 0.2) is 11.8 Å². The van der Waals surface area contributed by atoms with Gasteiger partial charge in [-0.2, -0.15) is 0 Å². The molecule has 15 heavy (non-hydrogen) atoms. The van der Waals surface area contributed by atoms with Crippen LogP contribution in [0.1, 0.15) is 6.92 Å². The van der Waals surface area contributed by atoms with Crippen molar-refractivity contribution in [2.45, 2.75) is 6.92 Å². The van der Waals surface area contributed by atoms with E-state index in [0.29, 0.717) is 0 Å². The predicted octanol–water partition coefficient (Wildman–Crippen LogP) is 1.03. The SMILES string of the molecule is C/C(=C\C=O)N(C)C.COP(=O)(O)OC. The molecule has 90 valence electrons. The zero-order valence-electron chi connectivity index (χ0n) is 9.63. The Labute approximate surface area is 90.1 Å². The minimum Gasteiger partial charge on any atom is -0.381 e. The van der Waals surface area contributed by atoms with Gasteiger partial charge in [0, 0.05) is 34.0 Å². The van der Waals surface area contributed by atoms with E-state index in [1.165, 1.54) is 6.08 Å². The average Bonchev–Trinajstić information content (AvgIpc) is 2.19. The summed E-state index contributed by atoms with van der Waals surface area (Å²) in [6, 6.07) is 0. The maximum Gasteiger partial charge on any atom is 0.471 e. The Morgan fingerprint density at radius 2 is 1.73 bits per heavy atom. The maximum atomic E-state index is 10.1. The minimum absolute atomic E-state index is 0.787. The summed E-state index contributed by atoms with van der Waals surface area (Å²) < 4.78 is 18.0. The first-order chi connectivity index (χ1) is 6.80. The molecule has 0 saturated carbocycles. The molecule has 0 aliphatic heterocycles. The topological polar surface area (TPSA) is 76.1 Å². The van der Waals surface area contributed by atoms with Crippen molar-refractivity contribution in [3.05, 3.63) is 11.8 Å². The van der Waals surface area contributed by atoms with Gasteiger partial charge in [-0.1, -0.05) is 0 Å². The quantitative estimate of drug-likeness (QED) is 0.448. The third-order valence-electron chi connectivity index (χ3n) is 1.48. The lowest BCUT2D eigenvalue weighted by atomic mass is 10.4. The van der Waals surface area contributed by atoms with Crippen molar-refractivity contribution in [1.29, 1.82) is 0 Å². The fraction of sp³-hybridized carbons (Fsp3) is 0.625. The molecule has 0 radical (unpaired) electrons. The lowest BCUT2D eigenvalue weighted by Crippen LogP contribution is -2.07. The van der Waals surface area contributed by atoms with Gasteiger partial charge in [0.15, 0.2) is 0 Å². The van der Waals surface area contributed by atoms with Crippen molar-refractivity contribution < 1.29 is 23.3 Å². The lowest BCUT2D eigenvalue weighted by molar-refractivity contribution is -0.104. The second-order valence-electron chi connectivity index (χ2n) is 2.67. The molecule has 0 atom stereocenters. The van der Waals surface area contributed by atoms with Crippen LogP contribution in [0.25, 0.3) is 0 Å². The van der Waals surface area contributed by atoms with E-state index >= 15 is 0 Å². The highest BCUT2D eigenvalue weighted by atomic mass is 31.2. The molecule has 6 nitrogen and oxygen atoms in total. The van der Waals surface area contributed by atoms with E-state index in [0.717, 1.165) is 26.2 Å². The molecule has 0 aromatic carbocycles. The van der Waals surface area contributed by atoms with Crippen molar-refractivity contribution >= 4 is 14.1 Å². The molecular formula is C8H18NO5P. The number of rotatable bonds is 4. The van der Waals surface area contributed by atoms with Crippen LogP contribution in [0.2, 0.25) is 0 Å². The standard InChI is InChI=1S/C6H11NO.C2H7O4P/c1-6(4-5-8)7(2)3;1-5-7(3,4)6-2/h4-5H,1-3H3;1-2H3,(H,3,4)/b6-4+;. The van der Waals surface area contributed by atoms with Gasteiger partial charge in [0.2, 0.25) is 0 Å². The summed E-state index contributed by atoms with van der Waals surface area (Å²) >= 11 is 0. The van der Waals surface area contributed by atoms with Gasteiger partial charge in [0.1, 0.15) is 6.29 Å². The number of aldehydes is 1. The molecule has 0 fully saturated rings. The normalized spacial score (nSPS) is 11.5. The monoisotopic (exact) mass is 239 g/mol. The minimum atomic E-state index is -3.65. The average molecular weight is 239 g/mol. The second kappa shape index (κ2) is 8.61. The van der Waals surface area contributed by atoms with Crippen LogP contribution in [0.3, 0.4) is 0 Å². The van der Waals surface area contributed by atoms with Crippen LogP contribution < -0.4 is 0 Å². The number of phosphoric acid groups is 1. The van der Waals surface area contributed by atoms with E-state index in [1.807, 2.05) is 25.9 Å². The van der Waals surface area contributed by atoms with Crippen molar-refractivity contribution in [3.8, 4) is 0 Å². The van der Waals surface area contributed by atoms with Crippen molar-refractivity contribution in [2.75, 3.05) is 28.3 Å². The Hall–Kier alpha value is -0.680. The molecule has 0 rings (SSSR count). The summed E-state index contributed by atoms with van der Waals surface area (Å²) in [4.78, 5) is 19.9. The Balaban J connectivity index is 0. The fourth-order valence-corrected chi connectivity index (χ4v) is 0.471. The summed E-state index contributed by atoms with van der Waals surface area (Å²) in [6.45, 7) is 1.88. The summed E-state index contributed by atoms with van der Waals surface area (Å²) in [6.07, 6.45) is 2.31. The molecule has 0 saturated heterocycles. The van der Waals surface area contributed by atoms with Crippen molar-refractivity contribution in [3.63, 3.8) is 0 Å². The number of allylic oxidation sites excluding steroid dienone is 2. The summed E-state index contributed by atoms with van der Waals surface area (Å²) in [5, 5.41) is 0. The molecule has 0 aromatic rings.